The second kappa shape index (κ2) is 4.66. The minimum atomic E-state index is -3.61. The number of nitrogens with one attached hydrogen (secondary N) is 1. The molecule has 18 heavy (non-hydrogen) atoms. The number of nitrogens with zero attached hydrogens (tertiary/aromatic N) is 1. The van der Waals surface area contributed by atoms with E-state index in [0.717, 1.165) is 0 Å². The van der Waals surface area contributed by atoms with Gasteiger partial charge in [-0.05, 0) is 42.8 Å². The molecule has 0 saturated heterocycles. The number of pyridine rings is 1. The van der Waals surface area contributed by atoms with Crippen molar-refractivity contribution < 1.29 is 8.42 Å². The first kappa shape index (κ1) is 12.4. The van der Waals surface area contributed by atoms with E-state index >= 15 is 0 Å². The summed E-state index contributed by atoms with van der Waals surface area (Å²) in [5.74, 6) is 0. The Morgan fingerprint density at radius 2 is 2.06 bits per heavy atom. The lowest BCUT2D eigenvalue weighted by Gasteiger charge is -2.10. The lowest BCUT2D eigenvalue weighted by atomic mass is 10.2. The summed E-state index contributed by atoms with van der Waals surface area (Å²) >= 11 is 0. The topological polar surface area (TPSA) is 85.1 Å². The second-order valence-corrected chi connectivity index (χ2v) is 5.52. The number of hydrogen-bond donors (Lipinski definition) is 2. The molecule has 0 radical (unpaired) electrons. The molecule has 0 unspecified atom stereocenters. The molecular formula is C12H13N3O2S. The Hall–Kier alpha value is -2.08. The fourth-order valence-electron chi connectivity index (χ4n) is 1.61. The van der Waals surface area contributed by atoms with E-state index in [2.05, 4.69) is 9.71 Å². The van der Waals surface area contributed by atoms with Crippen LogP contribution in [0.3, 0.4) is 0 Å². The molecular weight excluding hydrogens is 250 g/mol. The van der Waals surface area contributed by atoms with E-state index in [1.54, 1.807) is 37.4 Å². The fraction of sp³-hybridized carbons (Fsp3) is 0.0833. The maximum Gasteiger partial charge on any atom is 0.262 e. The number of aryl methyl sites for hydroxylation is 1. The van der Waals surface area contributed by atoms with Crippen LogP contribution in [-0.4, -0.2) is 13.4 Å². The minimum absolute atomic E-state index is 0.209. The van der Waals surface area contributed by atoms with Gasteiger partial charge in [-0.1, -0.05) is 0 Å². The van der Waals surface area contributed by atoms with Gasteiger partial charge in [0.2, 0.25) is 0 Å². The van der Waals surface area contributed by atoms with Crippen LogP contribution >= 0.6 is 0 Å². The Balaban J connectivity index is 2.37. The van der Waals surface area contributed by atoms with Crippen molar-refractivity contribution in [1.82, 2.24) is 4.98 Å². The summed E-state index contributed by atoms with van der Waals surface area (Å²) in [6, 6.07) is 7.97. The molecule has 1 heterocycles. The fourth-order valence-corrected chi connectivity index (χ4v) is 2.88. The molecule has 2 rings (SSSR count). The Kier molecular flexibility index (Phi) is 3.20. The quantitative estimate of drug-likeness (QED) is 0.826. The molecule has 0 saturated carbocycles. The van der Waals surface area contributed by atoms with Gasteiger partial charge >= 0.3 is 0 Å². The molecule has 0 bridgehead atoms. The van der Waals surface area contributed by atoms with Gasteiger partial charge in [-0.2, -0.15) is 0 Å². The minimum Gasteiger partial charge on any atom is -0.399 e. The standard InChI is InChI=1S/C12H13N3O2S/c1-9-7-10(13)4-5-12(9)18(16,17)15-11-3-2-6-14-8-11/h2-8,15H,13H2,1H3. The lowest BCUT2D eigenvalue weighted by Crippen LogP contribution is -2.14. The van der Waals surface area contributed by atoms with Gasteiger partial charge in [0.15, 0.2) is 0 Å². The summed E-state index contributed by atoms with van der Waals surface area (Å²) < 4.78 is 26.8. The summed E-state index contributed by atoms with van der Waals surface area (Å²) in [5, 5.41) is 0. The Morgan fingerprint density at radius 1 is 1.28 bits per heavy atom. The number of nitrogen functional groups attached to an aromatic ring is 1. The number of benzene rings is 1. The van der Waals surface area contributed by atoms with Crippen molar-refractivity contribution in [3.05, 3.63) is 48.3 Å². The van der Waals surface area contributed by atoms with E-state index in [1.807, 2.05) is 0 Å². The average molecular weight is 263 g/mol. The SMILES string of the molecule is Cc1cc(N)ccc1S(=O)(=O)Nc1cccnc1. The van der Waals surface area contributed by atoms with Crippen molar-refractivity contribution in [1.29, 1.82) is 0 Å². The predicted molar refractivity (Wildman–Crippen MR) is 70.6 cm³/mol. The zero-order valence-electron chi connectivity index (χ0n) is 9.79. The number of nitrogens with two attached hydrogens (primary N) is 1. The number of anilines is 2. The van der Waals surface area contributed by atoms with E-state index in [9.17, 15) is 8.42 Å². The summed E-state index contributed by atoms with van der Waals surface area (Å²) in [6.07, 6.45) is 3.02. The normalized spacial score (nSPS) is 11.2. The van der Waals surface area contributed by atoms with Crippen LogP contribution in [-0.2, 0) is 10.0 Å². The van der Waals surface area contributed by atoms with Gasteiger partial charge in [-0.15, -0.1) is 0 Å². The molecule has 0 atom stereocenters. The van der Waals surface area contributed by atoms with E-state index in [0.29, 0.717) is 16.9 Å². The van der Waals surface area contributed by atoms with Crippen molar-refractivity contribution in [2.75, 3.05) is 10.5 Å². The zero-order valence-corrected chi connectivity index (χ0v) is 10.6. The first-order chi connectivity index (χ1) is 8.49. The Bertz CT molecular complexity index is 654. The van der Waals surface area contributed by atoms with Gasteiger partial charge < -0.3 is 5.73 Å². The lowest BCUT2D eigenvalue weighted by molar-refractivity contribution is 0.600. The van der Waals surface area contributed by atoms with Crippen LogP contribution in [0.5, 0.6) is 0 Å². The van der Waals surface area contributed by atoms with Gasteiger partial charge in [-0.25, -0.2) is 8.42 Å². The zero-order chi connectivity index (χ0) is 13.2. The molecule has 2 aromatic rings. The van der Waals surface area contributed by atoms with Crippen LogP contribution in [0.15, 0.2) is 47.6 Å². The summed E-state index contributed by atoms with van der Waals surface area (Å²) in [6.45, 7) is 1.70. The number of sulfonamides is 1. The van der Waals surface area contributed by atoms with Crippen LogP contribution in [0.2, 0.25) is 0 Å². The van der Waals surface area contributed by atoms with Crippen molar-refractivity contribution >= 4 is 21.4 Å². The Labute approximate surface area is 106 Å². The average Bonchev–Trinajstić information content (AvgIpc) is 2.29. The van der Waals surface area contributed by atoms with Crippen LogP contribution in [0.25, 0.3) is 0 Å². The maximum absolute atomic E-state index is 12.2. The third-order valence-corrected chi connectivity index (χ3v) is 3.94. The third kappa shape index (κ3) is 2.60. The molecule has 0 aliphatic heterocycles. The largest absolute Gasteiger partial charge is 0.399 e. The van der Waals surface area contributed by atoms with Gasteiger partial charge in [-0.3, -0.25) is 9.71 Å². The van der Waals surface area contributed by atoms with Gasteiger partial charge in [0.05, 0.1) is 16.8 Å². The van der Waals surface area contributed by atoms with Crippen molar-refractivity contribution in [3.63, 3.8) is 0 Å². The molecule has 0 spiro atoms. The van der Waals surface area contributed by atoms with Crippen LogP contribution in [0, 0.1) is 6.92 Å². The van der Waals surface area contributed by atoms with Crippen molar-refractivity contribution in [3.8, 4) is 0 Å². The smallest absolute Gasteiger partial charge is 0.262 e. The molecule has 1 aromatic carbocycles. The molecule has 1 aromatic heterocycles. The van der Waals surface area contributed by atoms with E-state index in [1.165, 1.54) is 12.3 Å². The highest BCUT2D eigenvalue weighted by atomic mass is 32.2. The van der Waals surface area contributed by atoms with Gasteiger partial charge in [0, 0.05) is 11.9 Å². The molecule has 5 nitrogen and oxygen atoms in total. The molecule has 0 aliphatic carbocycles. The molecule has 94 valence electrons. The second-order valence-electron chi connectivity index (χ2n) is 3.87. The summed E-state index contributed by atoms with van der Waals surface area (Å²) in [4.78, 5) is 4.06. The highest BCUT2D eigenvalue weighted by molar-refractivity contribution is 7.92. The van der Waals surface area contributed by atoms with Crippen molar-refractivity contribution in [2.24, 2.45) is 0 Å². The van der Waals surface area contributed by atoms with Gasteiger partial charge in [0.25, 0.3) is 10.0 Å². The molecule has 0 fully saturated rings. The first-order valence-corrected chi connectivity index (χ1v) is 6.76. The molecule has 0 amide bonds. The van der Waals surface area contributed by atoms with E-state index in [4.69, 9.17) is 5.73 Å². The highest BCUT2D eigenvalue weighted by Crippen LogP contribution is 2.20. The van der Waals surface area contributed by atoms with E-state index in [-0.39, 0.29) is 4.90 Å². The number of rotatable bonds is 3. The van der Waals surface area contributed by atoms with Crippen LogP contribution in [0.1, 0.15) is 5.56 Å². The first-order valence-electron chi connectivity index (χ1n) is 5.28. The Morgan fingerprint density at radius 3 is 2.67 bits per heavy atom. The summed E-state index contributed by atoms with van der Waals surface area (Å²) in [7, 11) is -3.61. The van der Waals surface area contributed by atoms with E-state index < -0.39 is 10.0 Å². The molecule has 0 aliphatic rings. The number of aromatic nitrogens is 1. The summed E-state index contributed by atoms with van der Waals surface area (Å²) in [5.41, 5.74) is 7.16. The van der Waals surface area contributed by atoms with Crippen molar-refractivity contribution in [2.45, 2.75) is 11.8 Å². The van der Waals surface area contributed by atoms with Crippen LogP contribution in [0.4, 0.5) is 11.4 Å². The maximum atomic E-state index is 12.2. The molecule has 3 N–H and O–H groups in total. The van der Waals surface area contributed by atoms with Gasteiger partial charge in [0.1, 0.15) is 0 Å². The third-order valence-electron chi connectivity index (χ3n) is 2.40. The molecule has 6 heteroatoms. The van der Waals surface area contributed by atoms with Crippen LogP contribution < -0.4 is 10.5 Å². The monoisotopic (exact) mass is 263 g/mol. The highest BCUT2D eigenvalue weighted by Gasteiger charge is 2.16. The number of hydrogen-bond acceptors (Lipinski definition) is 4. The predicted octanol–water partition coefficient (Wildman–Crippen LogP) is 1.77.